The molecule has 0 saturated carbocycles. The molecule has 0 aliphatic heterocycles. The minimum Gasteiger partial charge on any atom is -0.397 e. The monoisotopic (exact) mass is 296 g/mol. The van der Waals surface area contributed by atoms with Gasteiger partial charge in [0.05, 0.1) is 5.69 Å². The molecule has 2 aromatic heterocycles. The van der Waals surface area contributed by atoms with Crippen molar-refractivity contribution in [1.82, 2.24) is 9.97 Å². The van der Waals surface area contributed by atoms with Gasteiger partial charge in [-0.2, -0.15) is 0 Å². The lowest BCUT2D eigenvalue weighted by atomic mass is 10.2. The van der Waals surface area contributed by atoms with E-state index in [9.17, 15) is 4.79 Å². The largest absolute Gasteiger partial charge is 0.397 e. The molecule has 0 aliphatic carbocycles. The summed E-state index contributed by atoms with van der Waals surface area (Å²) < 4.78 is 0. The zero-order chi connectivity index (χ0) is 14.7. The van der Waals surface area contributed by atoms with Crippen LogP contribution in [-0.4, -0.2) is 15.9 Å². The Morgan fingerprint density at radius 2 is 2.05 bits per heavy atom. The molecule has 1 aromatic carbocycles. The fourth-order valence-corrected chi connectivity index (χ4v) is 2.53. The first-order chi connectivity index (χ1) is 10.2. The zero-order valence-corrected chi connectivity index (χ0v) is 11.8. The van der Waals surface area contributed by atoms with E-state index in [1.54, 1.807) is 29.7 Å². The van der Waals surface area contributed by atoms with Crippen molar-refractivity contribution in [2.24, 2.45) is 0 Å². The van der Waals surface area contributed by atoms with Gasteiger partial charge in [-0.3, -0.25) is 4.79 Å². The van der Waals surface area contributed by atoms with Crippen LogP contribution in [0.2, 0.25) is 0 Å². The number of amides is 1. The number of nitrogens with zero attached hydrogens (tertiary/aromatic N) is 2. The van der Waals surface area contributed by atoms with Gasteiger partial charge in [0.2, 0.25) is 0 Å². The Balaban J connectivity index is 1.84. The highest BCUT2D eigenvalue weighted by Crippen LogP contribution is 2.24. The Bertz CT molecular complexity index is 771. The summed E-state index contributed by atoms with van der Waals surface area (Å²) in [6.45, 7) is 0. The van der Waals surface area contributed by atoms with Gasteiger partial charge in [-0.1, -0.05) is 12.1 Å². The molecule has 3 rings (SSSR count). The van der Waals surface area contributed by atoms with Crippen molar-refractivity contribution in [2.45, 2.75) is 0 Å². The fraction of sp³-hybridized carbons (Fsp3) is 0. The molecule has 21 heavy (non-hydrogen) atoms. The molecule has 6 heteroatoms. The first kappa shape index (κ1) is 13.3. The Hall–Kier alpha value is -2.73. The molecule has 0 radical (unpaired) electrons. The van der Waals surface area contributed by atoms with Crippen LogP contribution < -0.4 is 11.1 Å². The molecule has 2 heterocycles. The van der Waals surface area contributed by atoms with E-state index < -0.39 is 0 Å². The molecule has 0 atom stereocenters. The molecule has 104 valence electrons. The number of aromatic nitrogens is 2. The lowest BCUT2D eigenvalue weighted by molar-refractivity contribution is 0.102. The van der Waals surface area contributed by atoms with Crippen LogP contribution in [0.1, 0.15) is 10.5 Å². The first-order valence-electron chi connectivity index (χ1n) is 6.26. The van der Waals surface area contributed by atoms with Crippen LogP contribution in [-0.2, 0) is 0 Å². The molecule has 0 spiro atoms. The standard InChI is InChI=1S/C15H12N4OS/c16-12-5-2-6-17-13(12)14(20)19-11-4-1-3-10(9-11)15-18-7-8-21-15/h1-9H,16H2,(H,19,20). The van der Waals surface area contributed by atoms with E-state index in [-0.39, 0.29) is 11.6 Å². The minimum absolute atomic E-state index is 0.220. The number of anilines is 2. The molecule has 1 amide bonds. The number of pyridine rings is 1. The molecule has 5 nitrogen and oxygen atoms in total. The van der Waals surface area contributed by atoms with Crippen LogP contribution in [0.4, 0.5) is 11.4 Å². The predicted molar refractivity (Wildman–Crippen MR) is 84.2 cm³/mol. The van der Waals surface area contributed by atoms with Crippen LogP contribution in [0.3, 0.4) is 0 Å². The van der Waals surface area contributed by atoms with Crippen LogP contribution in [0.25, 0.3) is 10.6 Å². The topological polar surface area (TPSA) is 80.9 Å². The van der Waals surface area contributed by atoms with Crippen molar-refractivity contribution in [3.05, 3.63) is 59.9 Å². The smallest absolute Gasteiger partial charge is 0.276 e. The van der Waals surface area contributed by atoms with Gasteiger partial charge in [0.1, 0.15) is 5.01 Å². The maximum Gasteiger partial charge on any atom is 0.276 e. The maximum atomic E-state index is 12.2. The highest BCUT2D eigenvalue weighted by Gasteiger charge is 2.11. The molecule has 0 unspecified atom stereocenters. The third-order valence-corrected chi connectivity index (χ3v) is 3.68. The average Bonchev–Trinajstić information content (AvgIpc) is 3.02. The molecular formula is C15H12N4OS. The number of hydrogen-bond donors (Lipinski definition) is 2. The number of benzene rings is 1. The lowest BCUT2D eigenvalue weighted by Crippen LogP contribution is -2.15. The Morgan fingerprint density at radius 3 is 2.81 bits per heavy atom. The number of nitrogens with two attached hydrogens (primary N) is 1. The maximum absolute atomic E-state index is 12.2. The zero-order valence-electron chi connectivity index (χ0n) is 11.0. The van der Waals surface area contributed by atoms with E-state index in [1.807, 2.05) is 29.6 Å². The number of thiazole rings is 1. The Kier molecular flexibility index (Phi) is 3.61. The van der Waals surface area contributed by atoms with E-state index in [4.69, 9.17) is 5.73 Å². The van der Waals surface area contributed by atoms with Crippen LogP contribution in [0, 0.1) is 0 Å². The number of nitrogen functional groups attached to an aromatic ring is 1. The van der Waals surface area contributed by atoms with E-state index >= 15 is 0 Å². The number of hydrogen-bond acceptors (Lipinski definition) is 5. The number of rotatable bonds is 3. The van der Waals surface area contributed by atoms with Crippen LogP contribution in [0.5, 0.6) is 0 Å². The van der Waals surface area contributed by atoms with Crippen molar-refractivity contribution < 1.29 is 4.79 Å². The SMILES string of the molecule is Nc1cccnc1C(=O)Nc1cccc(-c2nccs2)c1. The second-order valence-corrected chi connectivity index (χ2v) is 5.21. The summed E-state index contributed by atoms with van der Waals surface area (Å²) in [7, 11) is 0. The van der Waals surface area contributed by atoms with Gasteiger partial charge < -0.3 is 11.1 Å². The predicted octanol–water partition coefficient (Wildman–Crippen LogP) is 3.04. The van der Waals surface area contributed by atoms with Crippen molar-refractivity contribution in [3.63, 3.8) is 0 Å². The highest BCUT2D eigenvalue weighted by molar-refractivity contribution is 7.13. The summed E-state index contributed by atoms with van der Waals surface area (Å²) in [4.78, 5) is 20.4. The summed E-state index contributed by atoms with van der Waals surface area (Å²) in [5, 5.41) is 5.61. The Morgan fingerprint density at radius 1 is 1.14 bits per heavy atom. The van der Waals surface area contributed by atoms with E-state index in [1.165, 1.54) is 6.20 Å². The van der Waals surface area contributed by atoms with Crippen molar-refractivity contribution in [3.8, 4) is 10.6 Å². The number of carbonyl (C=O) groups is 1. The third-order valence-electron chi connectivity index (χ3n) is 2.85. The Labute approximate surface area is 125 Å². The van der Waals surface area contributed by atoms with Crippen LogP contribution >= 0.6 is 11.3 Å². The highest BCUT2D eigenvalue weighted by atomic mass is 32.1. The van der Waals surface area contributed by atoms with Gasteiger partial charge in [-0.15, -0.1) is 11.3 Å². The van der Waals surface area contributed by atoms with Gasteiger partial charge in [0, 0.05) is 29.0 Å². The van der Waals surface area contributed by atoms with Crippen LogP contribution in [0.15, 0.2) is 54.2 Å². The number of carbonyl (C=O) groups excluding carboxylic acids is 1. The average molecular weight is 296 g/mol. The molecule has 0 saturated heterocycles. The minimum atomic E-state index is -0.329. The molecular weight excluding hydrogens is 284 g/mol. The molecule has 3 aromatic rings. The summed E-state index contributed by atoms with van der Waals surface area (Å²) in [6, 6.07) is 10.8. The lowest BCUT2D eigenvalue weighted by Gasteiger charge is -2.07. The summed E-state index contributed by atoms with van der Waals surface area (Å²) in [5.74, 6) is -0.329. The number of nitrogens with one attached hydrogen (secondary N) is 1. The molecule has 0 aliphatic rings. The summed E-state index contributed by atoms with van der Waals surface area (Å²) in [5.41, 5.74) is 7.96. The second-order valence-electron chi connectivity index (χ2n) is 4.31. The molecule has 0 fully saturated rings. The third kappa shape index (κ3) is 2.90. The normalized spacial score (nSPS) is 10.3. The van der Waals surface area contributed by atoms with E-state index in [2.05, 4.69) is 15.3 Å². The van der Waals surface area contributed by atoms with Crippen molar-refractivity contribution in [1.29, 1.82) is 0 Å². The van der Waals surface area contributed by atoms with Gasteiger partial charge in [-0.05, 0) is 24.3 Å². The van der Waals surface area contributed by atoms with Gasteiger partial charge in [0.15, 0.2) is 5.69 Å². The quantitative estimate of drug-likeness (QED) is 0.778. The first-order valence-corrected chi connectivity index (χ1v) is 7.14. The van der Waals surface area contributed by atoms with E-state index in [0.717, 1.165) is 10.6 Å². The van der Waals surface area contributed by atoms with Gasteiger partial charge in [-0.25, -0.2) is 9.97 Å². The molecule has 3 N–H and O–H groups in total. The fourth-order valence-electron chi connectivity index (χ4n) is 1.89. The molecule has 0 bridgehead atoms. The summed E-state index contributed by atoms with van der Waals surface area (Å²) in [6.07, 6.45) is 3.29. The second kappa shape index (κ2) is 5.72. The summed E-state index contributed by atoms with van der Waals surface area (Å²) >= 11 is 1.55. The van der Waals surface area contributed by atoms with Crippen molar-refractivity contribution in [2.75, 3.05) is 11.1 Å². The van der Waals surface area contributed by atoms with Gasteiger partial charge >= 0.3 is 0 Å². The van der Waals surface area contributed by atoms with Gasteiger partial charge in [0.25, 0.3) is 5.91 Å². The van der Waals surface area contributed by atoms with E-state index in [0.29, 0.717) is 11.4 Å². The van der Waals surface area contributed by atoms with Crippen molar-refractivity contribution >= 4 is 28.6 Å².